The highest BCUT2D eigenvalue weighted by Crippen LogP contribution is 2.42. The zero-order valence-electron chi connectivity index (χ0n) is 21.9. The number of imidazole rings is 1. The molecule has 3 aromatic heterocycles. The molecule has 4 aromatic rings. The summed E-state index contributed by atoms with van der Waals surface area (Å²) in [5.41, 5.74) is 5.97. The molecule has 0 radical (unpaired) electrons. The first-order valence-corrected chi connectivity index (χ1v) is 13.5. The molecule has 2 fully saturated rings. The Morgan fingerprint density at radius 1 is 1.03 bits per heavy atom. The normalized spacial score (nSPS) is 18.3. The second kappa shape index (κ2) is 10.2. The van der Waals surface area contributed by atoms with Gasteiger partial charge in [-0.15, -0.1) is 0 Å². The molecule has 2 atom stereocenters. The molecule has 1 unspecified atom stereocenters. The molecule has 6 rings (SSSR count). The Balaban J connectivity index is 1.21. The molecule has 0 amide bonds. The first-order valence-electron chi connectivity index (χ1n) is 13.5. The maximum atomic E-state index is 10.9. The van der Waals surface area contributed by atoms with E-state index in [4.69, 9.17) is 4.98 Å². The zero-order chi connectivity index (χ0) is 26.2. The molecule has 194 valence electrons. The van der Waals surface area contributed by atoms with E-state index in [1.165, 1.54) is 18.4 Å². The number of nitrogens with zero attached hydrogens (tertiary/aromatic N) is 6. The van der Waals surface area contributed by atoms with Gasteiger partial charge in [-0.05, 0) is 87.3 Å². The number of benzene rings is 1. The van der Waals surface area contributed by atoms with Crippen molar-refractivity contribution >= 4 is 11.6 Å². The van der Waals surface area contributed by atoms with Crippen molar-refractivity contribution in [2.45, 2.75) is 50.7 Å². The van der Waals surface area contributed by atoms with Crippen molar-refractivity contribution in [2.75, 3.05) is 25.5 Å². The van der Waals surface area contributed by atoms with Gasteiger partial charge in [0.1, 0.15) is 17.4 Å². The SMILES string of the molecule is CC(Nc1ncc(C#N)c(-c2cnc3c(C4CC4)cccn23)n1)c1ccc([C@@H](O)C2CCN(C)CC2)cc1. The molecule has 1 saturated carbocycles. The van der Waals surface area contributed by atoms with Gasteiger partial charge in [0.15, 0.2) is 0 Å². The standard InChI is InChI=1S/C30H33N7O/c1-19(20-5-9-22(10-6-20)28(38)23-11-14-36(2)15-12-23)34-30-33-17-24(16-31)27(35-30)26-18-32-29-25(21-7-8-21)4-3-13-37(26)29/h3-6,9-10,13,17-19,21,23,28,38H,7-8,11-12,14-15H2,1-2H3,(H,33,34,35)/t19?,28-/m1/s1. The Labute approximate surface area is 223 Å². The summed E-state index contributed by atoms with van der Waals surface area (Å²) >= 11 is 0. The van der Waals surface area contributed by atoms with Gasteiger partial charge in [0.2, 0.25) is 5.95 Å². The Bertz CT molecular complexity index is 1480. The molecule has 0 spiro atoms. The van der Waals surface area contributed by atoms with E-state index in [1.54, 1.807) is 12.4 Å². The lowest BCUT2D eigenvalue weighted by Gasteiger charge is -2.32. The third-order valence-electron chi connectivity index (χ3n) is 8.07. The topological polar surface area (TPSA) is 102 Å². The quantitative estimate of drug-likeness (QED) is 0.359. The van der Waals surface area contributed by atoms with Crippen LogP contribution in [0.5, 0.6) is 0 Å². The predicted octanol–water partition coefficient (Wildman–Crippen LogP) is 5.09. The summed E-state index contributed by atoms with van der Waals surface area (Å²) in [5, 5.41) is 24.1. The van der Waals surface area contributed by atoms with Crippen LogP contribution in [0.2, 0.25) is 0 Å². The lowest BCUT2D eigenvalue weighted by atomic mass is 9.87. The molecule has 38 heavy (non-hydrogen) atoms. The maximum absolute atomic E-state index is 10.9. The minimum atomic E-state index is -0.434. The number of nitrogens with one attached hydrogen (secondary N) is 1. The fraction of sp³-hybridized carbons (Fsp3) is 0.400. The van der Waals surface area contributed by atoms with Gasteiger partial charge >= 0.3 is 0 Å². The first-order chi connectivity index (χ1) is 18.5. The molecule has 8 nitrogen and oxygen atoms in total. The Kier molecular flexibility index (Phi) is 6.56. The summed E-state index contributed by atoms with van der Waals surface area (Å²) < 4.78 is 2.03. The number of aliphatic hydroxyl groups excluding tert-OH is 1. The smallest absolute Gasteiger partial charge is 0.223 e. The van der Waals surface area contributed by atoms with Crippen LogP contribution >= 0.6 is 0 Å². The van der Waals surface area contributed by atoms with Gasteiger partial charge in [-0.3, -0.25) is 4.40 Å². The largest absolute Gasteiger partial charge is 0.388 e. The summed E-state index contributed by atoms with van der Waals surface area (Å²) in [6, 6.07) is 14.5. The summed E-state index contributed by atoms with van der Waals surface area (Å²) in [4.78, 5) is 16.2. The molecule has 1 aliphatic heterocycles. The highest BCUT2D eigenvalue weighted by molar-refractivity contribution is 5.68. The number of rotatable bonds is 7. The average molecular weight is 508 g/mol. The molecular formula is C30H33N7O. The maximum Gasteiger partial charge on any atom is 0.223 e. The van der Waals surface area contributed by atoms with Crippen LogP contribution in [-0.2, 0) is 0 Å². The van der Waals surface area contributed by atoms with E-state index in [9.17, 15) is 10.4 Å². The molecule has 2 N–H and O–H groups in total. The number of piperidine rings is 1. The Morgan fingerprint density at radius 3 is 2.47 bits per heavy atom. The van der Waals surface area contributed by atoms with Gasteiger partial charge in [0, 0.05) is 6.20 Å². The van der Waals surface area contributed by atoms with Crippen molar-refractivity contribution in [1.82, 2.24) is 24.3 Å². The highest BCUT2D eigenvalue weighted by atomic mass is 16.3. The number of hydrogen-bond acceptors (Lipinski definition) is 7. The van der Waals surface area contributed by atoms with Gasteiger partial charge in [0.25, 0.3) is 0 Å². The summed E-state index contributed by atoms with van der Waals surface area (Å²) in [6.07, 6.45) is 9.34. The van der Waals surface area contributed by atoms with Crippen LogP contribution in [-0.4, -0.2) is 49.5 Å². The van der Waals surface area contributed by atoms with Gasteiger partial charge in [-0.1, -0.05) is 30.3 Å². The van der Waals surface area contributed by atoms with Crippen molar-refractivity contribution in [3.05, 3.63) is 77.2 Å². The second-order valence-corrected chi connectivity index (χ2v) is 10.8. The van der Waals surface area contributed by atoms with Crippen molar-refractivity contribution < 1.29 is 5.11 Å². The van der Waals surface area contributed by atoms with Gasteiger partial charge < -0.3 is 15.3 Å². The molecule has 0 bridgehead atoms. The third kappa shape index (κ3) is 4.75. The van der Waals surface area contributed by atoms with E-state index in [0.29, 0.717) is 29.0 Å². The third-order valence-corrected chi connectivity index (χ3v) is 8.07. The summed E-state index contributed by atoms with van der Waals surface area (Å²) in [6.45, 7) is 4.12. The molecule has 2 aliphatic rings. The molecule has 8 heteroatoms. The van der Waals surface area contributed by atoms with Gasteiger partial charge in [-0.2, -0.15) is 5.26 Å². The van der Waals surface area contributed by atoms with Crippen molar-refractivity contribution in [3.63, 3.8) is 0 Å². The van der Waals surface area contributed by atoms with Crippen molar-refractivity contribution in [1.29, 1.82) is 5.26 Å². The molecule has 1 aliphatic carbocycles. The number of pyridine rings is 1. The van der Waals surface area contributed by atoms with Crippen LogP contribution in [0.3, 0.4) is 0 Å². The van der Waals surface area contributed by atoms with Crippen LogP contribution in [0.25, 0.3) is 17.0 Å². The fourth-order valence-electron chi connectivity index (χ4n) is 5.52. The number of hydrogen-bond donors (Lipinski definition) is 2. The molecular weight excluding hydrogens is 474 g/mol. The number of nitriles is 1. The van der Waals surface area contributed by atoms with Crippen molar-refractivity contribution in [2.24, 2.45) is 5.92 Å². The predicted molar refractivity (Wildman–Crippen MR) is 147 cm³/mol. The summed E-state index contributed by atoms with van der Waals surface area (Å²) in [5.74, 6) is 1.33. The lowest BCUT2D eigenvalue weighted by Crippen LogP contribution is -2.32. The van der Waals surface area contributed by atoms with E-state index in [2.05, 4.69) is 58.4 Å². The Morgan fingerprint density at radius 2 is 1.76 bits per heavy atom. The average Bonchev–Trinajstić information content (AvgIpc) is 3.71. The van der Waals surface area contributed by atoms with E-state index >= 15 is 0 Å². The highest BCUT2D eigenvalue weighted by Gasteiger charge is 2.27. The monoisotopic (exact) mass is 507 g/mol. The van der Waals surface area contributed by atoms with Crippen LogP contribution in [0.1, 0.15) is 72.9 Å². The van der Waals surface area contributed by atoms with Crippen LogP contribution < -0.4 is 5.32 Å². The number of fused-ring (bicyclic) bond motifs is 1. The van der Waals surface area contributed by atoms with E-state index in [1.807, 2.05) is 28.8 Å². The van der Waals surface area contributed by atoms with Crippen LogP contribution in [0, 0.1) is 17.2 Å². The lowest BCUT2D eigenvalue weighted by molar-refractivity contribution is 0.0657. The van der Waals surface area contributed by atoms with Crippen LogP contribution in [0.15, 0.2) is 55.0 Å². The van der Waals surface area contributed by atoms with Crippen molar-refractivity contribution in [3.8, 4) is 17.5 Å². The number of aliphatic hydroxyl groups is 1. The number of aromatic nitrogens is 4. The fourth-order valence-corrected chi connectivity index (χ4v) is 5.52. The van der Waals surface area contributed by atoms with Gasteiger partial charge in [-0.25, -0.2) is 15.0 Å². The van der Waals surface area contributed by atoms with E-state index in [0.717, 1.165) is 48.4 Å². The number of likely N-dealkylation sites (tertiary alicyclic amines) is 1. The van der Waals surface area contributed by atoms with Gasteiger partial charge in [0.05, 0.1) is 35.8 Å². The van der Waals surface area contributed by atoms with E-state index < -0.39 is 6.10 Å². The molecule has 4 heterocycles. The first kappa shape index (κ1) is 24.5. The summed E-state index contributed by atoms with van der Waals surface area (Å²) in [7, 11) is 2.13. The zero-order valence-corrected chi connectivity index (χ0v) is 21.9. The van der Waals surface area contributed by atoms with E-state index in [-0.39, 0.29) is 6.04 Å². The minimum absolute atomic E-state index is 0.0611. The second-order valence-electron chi connectivity index (χ2n) is 10.8. The van der Waals surface area contributed by atoms with Crippen LogP contribution in [0.4, 0.5) is 5.95 Å². The molecule has 1 saturated heterocycles. The molecule has 1 aromatic carbocycles. The Hall–Kier alpha value is -3.80. The number of anilines is 1. The minimum Gasteiger partial charge on any atom is -0.388 e.